The first-order valence-electron chi connectivity index (χ1n) is 6.60. The third-order valence-corrected chi connectivity index (χ3v) is 3.62. The SMILES string of the molecule is O=C(N[C@@H](Cc1cccc(Br)c1)C(=O)O)c1cccc(F)c1F. The van der Waals surface area contributed by atoms with E-state index in [-0.39, 0.29) is 6.42 Å². The number of carbonyl (C=O) groups is 2. The second-order valence-corrected chi connectivity index (χ2v) is 5.72. The number of benzene rings is 2. The molecule has 0 saturated carbocycles. The van der Waals surface area contributed by atoms with Crippen molar-refractivity contribution in [3.8, 4) is 0 Å². The summed E-state index contributed by atoms with van der Waals surface area (Å²) < 4.78 is 27.5. The van der Waals surface area contributed by atoms with Gasteiger partial charge in [-0.25, -0.2) is 13.6 Å². The maximum Gasteiger partial charge on any atom is 0.326 e. The van der Waals surface area contributed by atoms with E-state index in [0.29, 0.717) is 5.56 Å². The summed E-state index contributed by atoms with van der Waals surface area (Å²) in [6, 6.07) is 8.80. The Labute approximate surface area is 139 Å². The molecule has 0 bridgehead atoms. The van der Waals surface area contributed by atoms with Crippen LogP contribution in [0.25, 0.3) is 0 Å². The minimum absolute atomic E-state index is 0.0114. The maximum absolute atomic E-state index is 13.6. The van der Waals surface area contributed by atoms with Crippen molar-refractivity contribution in [2.75, 3.05) is 0 Å². The maximum atomic E-state index is 13.6. The van der Waals surface area contributed by atoms with Gasteiger partial charge in [-0.3, -0.25) is 4.79 Å². The molecular weight excluding hydrogens is 372 g/mol. The van der Waals surface area contributed by atoms with E-state index < -0.39 is 35.1 Å². The van der Waals surface area contributed by atoms with Crippen LogP contribution in [-0.4, -0.2) is 23.0 Å². The van der Waals surface area contributed by atoms with Gasteiger partial charge in [0.15, 0.2) is 11.6 Å². The summed E-state index contributed by atoms with van der Waals surface area (Å²) in [6.45, 7) is 0. The molecule has 2 rings (SSSR count). The van der Waals surface area contributed by atoms with Crippen LogP contribution in [0.1, 0.15) is 15.9 Å². The first-order valence-corrected chi connectivity index (χ1v) is 7.40. The van der Waals surface area contributed by atoms with Gasteiger partial charge in [0, 0.05) is 10.9 Å². The molecule has 4 nitrogen and oxygen atoms in total. The Kier molecular flexibility index (Phi) is 5.44. The van der Waals surface area contributed by atoms with Gasteiger partial charge in [-0.2, -0.15) is 0 Å². The Hall–Kier alpha value is -2.28. The summed E-state index contributed by atoms with van der Waals surface area (Å²) in [7, 11) is 0. The molecule has 0 aliphatic rings. The van der Waals surface area contributed by atoms with Gasteiger partial charge in [0.05, 0.1) is 5.56 Å². The van der Waals surface area contributed by atoms with Crippen LogP contribution in [0.4, 0.5) is 8.78 Å². The summed E-state index contributed by atoms with van der Waals surface area (Å²) in [6.07, 6.45) is 0.0114. The normalized spacial score (nSPS) is 11.8. The van der Waals surface area contributed by atoms with E-state index in [1.54, 1.807) is 24.3 Å². The predicted octanol–water partition coefficient (Wildman–Crippen LogP) is 3.15. The molecule has 0 spiro atoms. The standard InChI is InChI=1S/C16H12BrF2NO3/c17-10-4-1-3-9(7-10)8-13(16(22)23)20-15(21)11-5-2-6-12(18)14(11)19/h1-7,13H,8H2,(H,20,21)(H,22,23)/t13-/m0/s1. The molecule has 0 aliphatic carbocycles. The van der Waals surface area contributed by atoms with Crippen molar-refractivity contribution in [3.63, 3.8) is 0 Å². The largest absolute Gasteiger partial charge is 0.480 e. The number of aliphatic carboxylic acids is 1. The smallest absolute Gasteiger partial charge is 0.326 e. The Balaban J connectivity index is 2.18. The molecule has 0 heterocycles. The van der Waals surface area contributed by atoms with Crippen molar-refractivity contribution < 1.29 is 23.5 Å². The molecular formula is C16H12BrF2NO3. The Morgan fingerprint density at radius 1 is 1.17 bits per heavy atom. The van der Waals surface area contributed by atoms with E-state index >= 15 is 0 Å². The minimum atomic E-state index is -1.31. The van der Waals surface area contributed by atoms with Gasteiger partial charge in [-0.15, -0.1) is 0 Å². The van der Waals surface area contributed by atoms with Crippen molar-refractivity contribution >= 4 is 27.8 Å². The molecule has 2 N–H and O–H groups in total. The highest BCUT2D eigenvalue weighted by atomic mass is 79.9. The number of hydrogen-bond donors (Lipinski definition) is 2. The van der Waals surface area contributed by atoms with Crippen LogP contribution in [0.15, 0.2) is 46.9 Å². The van der Waals surface area contributed by atoms with Crippen molar-refractivity contribution in [3.05, 3.63) is 69.7 Å². The molecule has 0 radical (unpaired) electrons. The minimum Gasteiger partial charge on any atom is -0.480 e. The molecule has 0 aliphatic heterocycles. The zero-order chi connectivity index (χ0) is 17.0. The fourth-order valence-corrected chi connectivity index (χ4v) is 2.46. The Morgan fingerprint density at radius 2 is 1.87 bits per heavy atom. The lowest BCUT2D eigenvalue weighted by atomic mass is 10.1. The number of nitrogens with one attached hydrogen (secondary N) is 1. The zero-order valence-electron chi connectivity index (χ0n) is 11.7. The molecule has 120 valence electrons. The van der Waals surface area contributed by atoms with Gasteiger partial charge >= 0.3 is 5.97 Å². The van der Waals surface area contributed by atoms with Crippen LogP contribution in [0.2, 0.25) is 0 Å². The summed E-state index contributed by atoms with van der Waals surface area (Å²) in [5, 5.41) is 11.4. The van der Waals surface area contributed by atoms with Gasteiger partial charge in [0.2, 0.25) is 0 Å². The highest BCUT2D eigenvalue weighted by molar-refractivity contribution is 9.10. The molecule has 2 aromatic carbocycles. The number of hydrogen-bond acceptors (Lipinski definition) is 2. The van der Waals surface area contributed by atoms with Gasteiger partial charge in [-0.1, -0.05) is 34.1 Å². The number of carboxylic acids is 1. The third-order valence-electron chi connectivity index (χ3n) is 3.13. The Bertz CT molecular complexity index is 752. The molecule has 0 fully saturated rings. The lowest BCUT2D eigenvalue weighted by Gasteiger charge is -2.15. The van der Waals surface area contributed by atoms with Crippen molar-refractivity contribution in [2.45, 2.75) is 12.5 Å². The molecule has 0 aromatic heterocycles. The molecule has 23 heavy (non-hydrogen) atoms. The fourth-order valence-electron chi connectivity index (χ4n) is 2.01. The molecule has 1 atom stereocenters. The third kappa shape index (κ3) is 4.35. The summed E-state index contributed by atoms with van der Waals surface area (Å²) >= 11 is 3.27. The summed E-state index contributed by atoms with van der Waals surface area (Å²) in [5.41, 5.74) is 0.136. The number of rotatable bonds is 5. The average Bonchev–Trinajstić information content (AvgIpc) is 2.49. The highest BCUT2D eigenvalue weighted by Gasteiger charge is 2.23. The molecule has 0 saturated heterocycles. The number of carbonyl (C=O) groups excluding carboxylic acids is 1. The van der Waals surface area contributed by atoms with Crippen molar-refractivity contribution in [2.24, 2.45) is 0 Å². The quantitative estimate of drug-likeness (QED) is 0.833. The number of carboxylic acid groups (broad SMARTS) is 1. The first kappa shape index (κ1) is 17.1. The lowest BCUT2D eigenvalue weighted by molar-refractivity contribution is -0.139. The molecule has 1 amide bonds. The van der Waals surface area contributed by atoms with Gasteiger partial charge in [-0.05, 0) is 29.8 Å². The highest BCUT2D eigenvalue weighted by Crippen LogP contribution is 2.15. The van der Waals surface area contributed by atoms with Gasteiger partial charge < -0.3 is 10.4 Å². The van der Waals surface area contributed by atoms with Crippen LogP contribution in [0, 0.1) is 11.6 Å². The van der Waals surface area contributed by atoms with E-state index in [0.717, 1.165) is 16.6 Å². The van der Waals surface area contributed by atoms with Crippen molar-refractivity contribution in [1.82, 2.24) is 5.32 Å². The average molecular weight is 384 g/mol. The van der Waals surface area contributed by atoms with Gasteiger partial charge in [0.25, 0.3) is 5.91 Å². The van der Waals surface area contributed by atoms with E-state index in [1.165, 1.54) is 6.07 Å². The molecule has 0 unspecified atom stereocenters. The van der Waals surface area contributed by atoms with E-state index in [4.69, 9.17) is 0 Å². The Morgan fingerprint density at radius 3 is 2.52 bits per heavy atom. The summed E-state index contributed by atoms with van der Waals surface area (Å²) in [5.74, 6) is -4.73. The lowest BCUT2D eigenvalue weighted by Crippen LogP contribution is -2.42. The van der Waals surface area contributed by atoms with Crippen LogP contribution in [-0.2, 0) is 11.2 Å². The van der Waals surface area contributed by atoms with Crippen LogP contribution >= 0.6 is 15.9 Å². The summed E-state index contributed by atoms with van der Waals surface area (Å²) in [4.78, 5) is 23.3. The fraction of sp³-hybridized carbons (Fsp3) is 0.125. The van der Waals surface area contributed by atoms with E-state index in [2.05, 4.69) is 21.2 Å². The van der Waals surface area contributed by atoms with Crippen LogP contribution < -0.4 is 5.32 Å². The van der Waals surface area contributed by atoms with Crippen molar-refractivity contribution in [1.29, 1.82) is 0 Å². The number of amides is 1. The topological polar surface area (TPSA) is 66.4 Å². The van der Waals surface area contributed by atoms with E-state index in [9.17, 15) is 23.5 Å². The van der Waals surface area contributed by atoms with Gasteiger partial charge in [0.1, 0.15) is 6.04 Å². The first-order chi connectivity index (χ1) is 10.9. The molecule has 2 aromatic rings. The zero-order valence-corrected chi connectivity index (χ0v) is 13.3. The second kappa shape index (κ2) is 7.32. The second-order valence-electron chi connectivity index (χ2n) is 4.80. The molecule has 7 heteroatoms. The predicted molar refractivity (Wildman–Crippen MR) is 83.1 cm³/mol. The van der Waals surface area contributed by atoms with Crippen LogP contribution in [0.5, 0.6) is 0 Å². The van der Waals surface area contributed by atoms with Crippen LogP contribution in [0.3, 0.4) is 0 Å². The monoisotopic (exact) mass is 383 g/mol. The number of halogens is 3. The van der Waals surface area contributed by atoms with E-state index in [1.807, 2.05) is 0 Å².